The maximum Gasteiger partial charge on any atom is 0.175 e. The van der Waals surface area contributed by atoms with Crippen LogP contribution in [0.5, 0.6) is 0 Å². The number of carbonyl (C=O) groups is 1. The molecule has 0 bridgehead atoms. The van der Waals surface area contributed by atoms with Gasteiger partial charge in [-0.1, -0.05) is 17.3 Å². The zero-order valence-electron chi connectivity index (χ0n) is 8.95. The van der Waals surface area contributed by atoms with Gasteiger partial charge >= 0.3 is 0 Å². The summed E-state index contributed by atoms with van der Waals surface area (Å²) in [6.07, 6.45) is 3.01. The number of hydrogen-bond donors (Lipinski definition) is 0. The van der Waals surface area contributed by atoms with E-state index in [2.05, 4.69) is 9.68 Å². The summed E-state index contributed by atoms with van der Waals surface area (Å²) < 4.78 is 27.2. The molecule has 1 heterocycles. The zero-order chi connectivity index (χ0) is 12.5. The predicted molar refractivity (Wildman–Crippen MR) is 60.4 cm³/mol. The molecule has 1 aromatic carbocycles. The van der Waals surface area contributed by atoms with Crippen LogP contribution in [0, 0.1) is 0 Å². The van der Waals surface area contributed by atoms with Gasteiger partial charge in [0.15, 0.2) is 16.1 Å². The summed E-state index contributed by atoms with van der Waals surface area (Å²) >= 11 is 0. The predicted octanol–water partition coefficient (Wildman–Crippen LogP) is 1.56. The minimum atomic E-state index is -3.22. The van der Waals surface area contributed by atoms with E-state index in [9.17, 15) is 13.2 Å². The van der Waals surface area contributed by atoms with Gasteiger partial charge in [-0.05, 0) is 12.1 Å². The maximum atomic E-state index is 11.3. The number of rotatable bonds is 3. The number of benzene rings is 1. The number of sulfone groups is 1. The summed E-state index contributed by atoms with van der Waals surface area (Å²) in [5.74, 6) is 0. The number of nitrogens with zero attached hydrogens (tertiary/aromatic N) is 1. The molecule has 1 aromatic heterocycles. The summed E-state index contributed by atoms with van der Waals surface area (Å²) in [5.41, 5.74) is 1.37. The van der Waals surface area contributed by atoms with Gasteiger partial charge in [-0.25, -0.2) is 8.42 Å². The second-order valence-corrected chi connectivity index (χ2v) is 5.55. The third-order valence-corrected chi connectivity index (χ3v) is 3.41. The molecule has 0 aliphatic heterocycles. The van der Waals surface area contributed by atoms with Gasteiger partial charge in [0.2, 0.25) is 0 Å². The standard InChI is InChI=1S/C11H9NO4S/c1-17(14,15)10-4-2-8(3-5-10)11-9(6-13)7-16-12-11/h2-7H,1H3. The number of aldehydes is 1. The molecule has 0 unspecified atom stereocenters. The molecule has 17 heavy (non-hydrogen) atoms. The minimum Gasteiger partial charge on any atom is -0.363 e. The van der Waals surface area contributed by atoms with Crippen molar-refractivity contribution in [2.24, 2.45) is 0 Å². The van der Waals surface area contributed by atoms with Crippen LogP contribution in [0.25, 0.3) is 11.3 Å². The fourth-order valence-corrected chi connectivity index (χ4v) is 2.04. The van der Waals surface area contributed by atoms with Crippen LogP contribution in [0.3, 0.4) is 0 Å². The van der Waals surface area contributed by atoms with E-state index in [1.807, 2.05) is 0 Å². The number of carbonyl (C=O) groups excluding carboxylic acids is 1. The molecule has 0 spiro atoms. The Hall–Kier alpha value is -1.95. The zero-order valence-corrected chi connectivity index (χ0v) is 9.77. The number of hydrogen-bond acceptors (Lipinski definition) is 5. The highest BCUT2D eigenvalue weighted by atomic mass is 32.2. The first-order valence-electron chi connectivity index (χ1n) is 4.72. The lowest BCUT2D eigenvalue weighted by Gasteiger charge is -2.00. The van der Waals surface area contributed by atoms with Crippen molar-refractivity contribution in [2.45, 2.75) is 4.90 Å². The van der Waals surface area contributed by atoms with Crippen LogP contribution in [0.15, 0.2) is 39.9 Å². The van der Waals surface area contributed by atoms with Crippen LogP contribution in [0.4, 0.5) is 0 Å². The first kappa shape index (κ1) is 11.5. The van der Waals surface area contributed by atoms with Gasteiger partial charge in [0.1, 0.15) is 12.0 Å². The largest absolute Gasteiger partial charge is 0.363 e. The van der Waals surface area contributed by atoms with Crippen molar-refractivity contribution >= 4 is 16.1 Å². The van der Waals surface area contributed by atoms with Gasteiger partial charge in [-0.3, -0.25) is 4.79 Å². The highest BCUT2D eigenvalue weighted by molar-refractivity contribution is 7.90. The fraction of sp³-hybridized carbons (Fsp3) is 0.0909. The molecule has 6 heteroatoms. The Labute approximate surface area is 98.0 Å². The highest BCUT2D eigenvalue weighted by Crippen LogP contribution is 2.22. The monoisotopic (exact) mass is 251 g/mol. The van der Waals surface area contributed by atoms with E-state index in [1.165, 1.54) is 18.4 Å². The molecule has 0 radical (unpaired) electrons. The summed E-state index contributed by atoms with van der Waals surface area (Å²) in [7, 11) is -3.22. The SMILES string of the molecule is CS(=O)(=O)c1ccc(-c2nocc2C=O)cc1. The lowest BCUT2D eigenvalue weighted by Crippen LogP contribution is -1.96. The molecule has 0 saturated heterocycles. The van der Waals surface area contributed by atoms with Crippen molar-refractivity contribution in [1.82, 2.24) is 5.16 Å². The molecule has 0 aliphatic rings. The molecule has 88 valence electrons. The molecule has 0 saturated carbocycles. The van der Waals surface area contributed by atoms with E-state index >= 15 is 0 Å². The lowest BCUT2D eigenvalue weighted by atomic mass is 10.1. The summed E-state index contributed by atoms with van der Waals surface area (Å²) in [6, 6.07) is 6.10. The average molecular weight is 251 g/mol. The molecule has 2 rings (SSSR count). The van der Waals surface area contributed by atoms with E-state index in [4.69, 9.17) is 0 Å². The molecule has 0 N–H and O–H groups in total. The van der Waals surface area contributed by atoms with Crippen LogP contribution in [0.2, 0.25) is 0 Å². The van der Waals surface area contributed by atoms with Gasteiger partial charge in [0.25, 0.3) is 0 Å². The summed E-state index contributed by atoms with van der Waals surface area (Å²) in [4.78, 5) is 10.9. The van der Waals surface area contributed by atoms with Crippen LogP contribution < -0.4 is 0 Å². The van der Waals surface area contributed by atoms with Crippen molar-refractivity contribution in [1.29, 1.82) is 0 Å². The lowest BCUT2D eigenvalue weighted by molar-refractivity contribution is 0.112. The summed E-state index contributed by atoms with van der Waals surface area (Å²) in [6.45, 7) is 0. The molecule has 0 fully saturated rings. The molecular weight excluding hydrogens is 242 g/mol. The fourth-order valence-electron chi connectivity index (χ4n) is 1.41. The van der Waals surface area contributed by atoms with Gasteiger partial charge in [0, 0.05) is 11.8 Å². The topological polar surface area (TPSA) is 77.2 Å². The smallest absolute Gasteiger partial charge is 0.175 e. The first-order chi connectivity index (χ1) is 8.02. The van der Waals surface area contributed by atoms with Crippen LogP contribution in [-0.4, -0.2) is 26.1 Å². The second kappa shape index (κ2) is 4.14. The van der Waals surface area contributed by atoms with Gasteiger partial charge < -0.3 is 4.52 Å². The molecule has 5 nitrogen and oxygen atoms in total. The van der Waals surface area contributed by atoms with Gasteiger partial charge in [-0.2, -0.15) is 0 Å². The number of aromatic nitrogens is 1. The Kier molecular flexibility index (Phi) is 2.81. The quantitative estimate of drug-likeness (QED) is 0.773. The van der Waals surface area contributed by atoms with Crippen molar-refractivity contribution in [3.8, 4) is 11.3 Å². The summed E-state index contributed by atoms with van der Waals surface area (Å²) in [5, 5.41) is 3.69. The van der Waals surface area contributed by atoms with E-state index in [0.717, 1.165) is 6.26 Å². The third kappa shape index (κ3) is 2.26. The molecule has 2 aromatic rings. The van der Waals surface area contributed by atoms with Crippen LogP contribution in [0.1, 0.15) is 10.4 Å². The Balaban J connectivity index is 2.46. The Morgan fingerprint density at radius 2 is 1.88 bits per heavy atom. The molecular formula is C11H9NO4S. The van der Waals surface area contributed by atoms with Gasteiger partial charge in [-0.15, -0.1) is 0 Å². The second-order valence-electron chi connectivity index (χ2n) is 3.53. The van der Waals surface area contributed by atoms with Crippen LogP contribution in [-0.2, 0) is 9.84 Å². The normalized spacial score (nSPS) is 11.4. The van der Waals surface area contributed by atoms with E-state index in [-0.39, 0.29) is 4.90 Å². The van der Waals surface area contributed by atoms with E-state index in [1.54, 1.807) is 12.1 Å². The van der Waals surface area contributed by atoms with Gasteiger partial charge in [0.05, 0.1) is 10.5 Å². The van der Waals surface area contributed by atoms with E-state index in [0.29, 0.717) is 23.1 Å². The molecule has 0 amide bonds. The minimum absolute atomic E-state index is 0.220. The Bertz CT molecular complexity index is 640. The maximum absolute atomic E-state index is 11.3. The van der Waals surface area contributed by atoms with Crippen LogP contribution >= 0.6 is 0 Å². The Morgan fingerprint density at radius 1 is 1.24 bits per heavy atom. The van der Waals surface area contributed by atoms with Crippen molar-refractivity contribution in [3.05, 3.63) is 36.1 Å². The molecule has 0 aliphatic carbocycles. The van der Waals surface area contributed by atoms with Crippen molar-refractivity contribution in [3.63, 3.8) is 0 Å². The third-order valence-electron chi connectivity index (χ3n) is 2.28. The Morgan fingerprint density at radius 3 is 2.41 bits per heavy atom. The van der Waals surface area contributed by atoms with Crippen molar-refractivity contribution in [2.75, 3.05) is 6.26 Å². The molecule has 0 atom stereocenters. The van der Waals surface area contributed by atoms with Crippen molar-refractivity contribution < 1.29 is 17.7 Å². The first-order valence-corrected chi connectivity index (χ1v) is 6.61. The average Bonchev–Trinajstić information content (AvgIpc) is 2.76. The van der Waals surface area contributed by atoms with E-state index < -0.39 is 9.84 Å². The highest BCUT2D eigenvalue weighted by Gasteiger charge is 2.11.